The Labute approximate surface area is 172 Å². The van der Waals surface area contributed by atoms with Crippen molar-refractivity contribution in [2.45, 2.75) is 32.9 Å². The van der Waals surface area contributed by atoms with Crippen LogP contribution in [-0.2, 0) is 16.9 Å². The van der Waals surface area contributed by atoms with Crippen LogP contribution in [0.4, 0.5) is 3.89 Å². The molecule has 0 saturated carbocycles. The third-order valence-electron chi connectivity index (χ3n) is 3.50. The molecule has 0 unspecified atom stereocenters. The van der Waals surface area contributed by atoms with Crippen molar-refractivity contribution in [3.63, 3.8) is 0 Å². The quantitative estimate of drug-likeness (QED) is 0.531. The largest absolute Gasteiger partial charge is 0.485 e. The van der Waals surface area contributed by atoms with E-state index in [1.54, 1.807) is 18.3 Å². The second-order valence-corrected chi connectivity index (χ2v) is 7.78. The van der Waals surface area contributed by atoms with Crippen molar-refractivity contribution in [2.75, 3.05) is 25.6 Å². The highest BCUT2D eigenvalue weighted by atomic mass is 35.5. The number of aromatic nitrogens is 3. The lowest BCUT2D eigenvalue weighted by molar-refractivity contribution is 0.110. The van der Waals surface area contributed by atoms with Gasteiger partial charge in [0.15, 0.2) is 10.8 Å². The first-order valence-corrected chi connectivity index (χ1v) is 9.89. The first-order chi connectivity index (χ1) is 13.3. The van der Waals surface area contributed by atoms with Gasteiger partial charge >= 0.3 is 0 Å². The monoisotopic (exact) mass is 431 g/mol. The molecule has 2 heterocycles. The molecule has 7 nitrogen and oxygen atoms in total. The summed E-state index contributed by atoms with van der Waals surface area (Å²) in [4.78, 5) is 16.5. The van der Waals surface area contributed by atoms with Gasteiger partial charge in [0.25, 0.3) is 5.56 Å². The van der Waals surface area contributed by atoms with Crippen molar-refractivity contribution in [2.24, 2.45) is 0 Å². The number of nitrogens with zero attached hydrogens (tertiary/aromatic N) is 3. The number of rotatable bonds is 10. The van der Waals surface area contributed by atoms with Crippen LogP contribution in [0.3, 0.4) is 0 Å². The van der Waals surface area contributed by atoms with Crippen LogP contribution in [0.1, 0.15) is 26.3 Å². The first-order valence-electron chi connectivity index (χ1n) is 8.63. The molecule has 2 rings (SSSR count). The molecule has 154 valence electrons. The Morgan fingerprint density at radius 1 is 1.18 bits per heavy atom. The number of ether oxygens (including phenoxy) is 3. The van der Waals surface area contributed by atoms with Gasteiger partial charge in [0.05, 0.1) is 24.9 Å². The minimum Gasteiger partial charge on any atom is -0.485 e. The zero-order valence-corrected chi connectivity index (χ0v) is 17.6. The summed E-state index contributed by atoms with van der Waals surface area (Å²) in [5.74, 6) is 0.966. The molecule has 28 heavy (non-hydrogen) atoms. The summed E-state index contributed by atoms with van der Waals surface area (Å²) in [5, 5.41) is 4.11. The van der Waals surface area contributed by atoms with E-state index in [1.165, 1.54) is 10.9 Å². The average molecular weight is 432 g/mol. The highest BCUT2D eigenvalue weighted by molar-refractivity contribution is 7.94. The maximum Gasteiger partial charge on any atom is 0.289 e. The molecule has 0 aliphatic carbocycles. The number of hydrogen-bond donors (Lipinski definition) is 0. The minimum atomic E-state index is -0.476. The minimum absolute atomic E-state index is 0.0102. The third-order valence-corrected chi connectivity index (χ3v) is 4.17. The summed E-state index contributed by atoms with van der Waals surface area (Å²) in [6, 6.07) is 3.49. The second kappa shape index (κ2) is 10.6. The summed E-state index contributed by atoms with van der Waals surface area (Å²) in [5.41, 5.74) is -0.100. The molecule has 0 radical (unpaired) electrons. The Balaban J connectivity index is 1.86. The van der Waals surface area contributed by atoms with Gasteiger partial charge in [0, 0.05) is 35.7 Å². The predicted octanol–water partition coefficient (Wildman–Crippen LogP) is 3.64. The van der Waals surface area contributed by atoms with Crippen LogP contribution in [0, 0.1) is 0 Å². The summed E-state index contributed by atoms with van der Waals surface area (Å²) >= 11 is 6.37. The van der Waals surface area contributed by atoms with E-state index >= 15 is 0 Å². The lowest BCUT2D eigenvalue weighted by atomic mass is 10.1. The third kappa shape index (κ3) is 6.65. The van der Waals surface area contributed by atoms with Crippen LogP contribution in [-0.4, -0.2) is 40.3 Å². The zero-order valence-electron chi connectivity index (χ0n) is 16.0. The summed E-state index contributed by atoms with van der Waals surface area (Å²) in [6.07, 6.45) is 3.04. The van der Waals surface area contributed by atoms with Crippen molar-refractivity contribution in [3.8, 4) is 11.6 Å². The number of pyridine rings is 1. The molecule has 0 aliphatic heterocycles. The van der Waals surface area contributed by atoms with Gasteiger partial charge in [-0.1, -0.05) is 11.6 Å². The van der Waals surface area contributed by atoms with Crippen molar-refractivity contribution in [1.29, 1.82) is 0 Å². The Morgan fingerprint density at radius 2 is 1.96 bits per heavy atom. The summed E-state index contributed by atoms with van der Waals surface area (Å²) in [6.45, 7) is 6.79. The van der Waals surface area contributed by atoms with Gasteiger partial charge in [-0.2, -0.15) is 8.98 Å². The maximum atomic E-state index is 12.3. The molecular weight excluding hydrogens is 409 g/mol. The lowest BCUT2D eigenvalue weighted by Crippen LogP contribution is -2.36. The Bertz CT molecular complexity index is 812. The lowest BCUT2D eigenvalue weighted by Gasteiger charge is -2.21. The smallest absolute Gasteiger partial charge is 0.289 e. The molecule has 0 fully saturated rings. The molecule has 0 N–H and O–H groups in total. The fourth-order valence-electron chi connectivity index (χ4n) is 2.14. The molecule has 2 aromatic rings. The highest BCUT2D eigenvalue weighted by Crippen LogP contribution is 2.22. The van der Waals surface area contributed by atoms with Crippen LogP contribution in [0.25, 0.3) is 0 Å². The average Bonchev–Trinajstić information content (AvgIpc) is 2.65. The van der Waals surface area contributed by atoms with Gasteiger partial charge < -0.3 is 14.2 Å². The Morgan fingerprint density at radius 3 is 2.61 bits per heavy atom. The van der Waals surface area contributed by atoms with Crippen LogP contribution in [0.15, 0.2) is 29.3 Å². The van der Waals surface area contributed by atoms with E-state index in [2.05, 4.69) is 10.1 Å². The predicted molar refractivity (Wildman–Crippen MR) is 107 cm³/mol. The molecule has 0 atom stereocenters. The number of halogens is 2. The van der Waals surface area contributed by atoms with Gasteiger partial charge in [0.1, 0.15) is 13.2 Å². The highest BCUT2D eigenvalue weighted by Gasteiger charge is 2.20. The fourth-order valence-corrected chi connectivity index (χ4v) is 2.50. The van der Waals surface area contributed by atoms with Gasteiger partial charge in [0.2, 0.25) is 5.88 Å². The van der Waals surface area contributed by atoms with E-state index in [9.17, 15) is 8.68 Å². The molecule has 0 saturated heterocycles. The van der Waals surface area contributed by atoms with E-state index in [4.69, 9.17) is 25.8 Å². The van der Waals surface area contributed by atoms with Crippen molar-refractivity contribution in [1.82, 2.24) is 14.8 Å². The van der Waals surface area contributed by atoms with Crippen LogP contribution >= 0.6 is 23.7 Å². The SMILES string of the molecule is CC(C)(C)n1ncc(OCc2ccc(OCCOCCSF)nc2)c(Cl)c1=O. The zero-order chi connectivity index (χ0) is 20.6. The van der Waals surface area contributed by atoms with Crippen molar-refractivity contribution < 1.29 is 18.1 Å². The van der Waals surface area contributed by atoms with E-state index in [-0.39, 0.29) is 29.5 Å². The van der Waals surface area contributed by atoms with Crippen LogP contribution < -0.4 is 15.0 Å². The van der Waals surface area contributed by atoms with E-state index in [0.717, 1.165) is 5.56 Å². The van der Waals surface area contributed by atoms with Gasteiger partial charge in [-0.15, -0.1) is 0 Å². The van der Waals surface area contributed by atoms with Gasteiger partial charge in [-0.3, -0.25) is 4.79 Å². The Hall–Kier alpha value is -1.84. The normalized spacial score (nSPS) is 11.5. The molecule has 0 aliphatic rings. The first kappa shape index (κ1) is 22.4. The fraction of sp³-hybridized carbons (Fsp3) is 0.500. The molecular formula is C18H23ClFN3O4S. The van der Waals surface area contributed by atoms with Gasteiger partial charge in [-0.25, -0.2) is 9.67 Å². The summed E-state index contributed by atoms with van der Waals surface area (Å²) in [7, 11) is 0. The van der Waals surface area contributed by atoms with E-state index in [0.29, 0.717) is 31.5 Å². The topological polar surface area (TPSA) is 75.5 Å². The number of hydrogen-bond acceptors (Lipinski definition) is 7. The summed E-state index contributed by atoms with van der Waals surface area (Å²) < 4.78 is 29.4. The Kier molecular flexibility index (Phi) is 8.53. The molecule has 0 amide bonds. The standard InChI is InChI=1S/C18H23ClFN3O4S/c1-18(2,3)23-17(24)16(19)14(11-22-23)27-12-13-4-5-15(21-10-13)26-7-6-25-8-9-28-20/h4-5,10-11H,6-9,12H2,1-3H3. The second-order valence-electron chi connectivity index (χ2n) is 6.78. The molecule has 0 spiro atoms. The van der Waals surface area contributed by atoms with Crippen LogP contribution in [0.2, 0.25) is 5.02 Å². The molecule has 10 heteroatoms. The molecule has 2 aromatic heterocycles. The van der Waals surface area contributed by atoms with E-state index < -0.39 is 11.1 Å². The van der Waals surface area contributed by atoms with E-state index in [1.807, 2.05) is 20.8 Å². The van der Waals surface area contributed by atoms with Crippen molar-refractivity contribution >= 4 is 23.7 Å². The molecule has 0 bridgehead atoms. The van der Waals surface area contributed by atoms with Gasteiger partial charge in [-0.05, 0) is 26.8 Å². The van der Waals surface area contributed by atoms with Crippen LogP contribution in [0.5, 0.6) is 11.6 Å². The van der Waals surface area contributed by atoms with Crippen molar-refractivity contribution in [3.05, 3.63) is 45.5 Å². The maximum absolute atomic E-state index is 12.3. The molecule has 0 aromatic carbocycles.